The van der Waals surface area contributed by atoms with Gasteiger partial charge < -0.3 is 0 Å². The minimum atomic E-state index is 0.787. The van der Waals surface area contributed by atoms with E-state index in [0.717, 1.165) is 43.8 Å². The lowest BCUT2D eigenvalue weighted by Crippen LogP contribution is -1.80. The van der Waals surface area contributed by atoms with Crippen LogP contribution in [0.4, 0.5) is 0 Å². The molecule has 2 heterocycles. The van der Waals surface area contributed by atoms with Gasteiger partial charge in [0.1, 0.15) is 11.4 Å². The maximum atomic E-state index is 4.10. The summed E-state index contributed by atoms with van der Waals surface area (Å²) in [5.41, 5.74) is 1.57. The van der Waals surface area contributed by atoms with Gasteiger partial charge in [0.05, 0.1) is 44.8 Å². The standard InChI is InChI=1S/C6H2Br2N4S2/c7-5(3-1-9-13-11-3)6(8)4-2-10-14-12-4/h1-2H/b6-5+. The van der Waals surface area contributed by atoms with E-state index in [2.05, 4.69) is 49.4 Å². The van der Waals surface area contributed by atoms with E-state index in [0.29, 0.717) is 0 Å². The summed E-state index contributed by atoms with van der Waals surface area (Å²) >= 11 is 9.18. The molecule has 0 saturated carbocycles. The molecule has 0 saturated heterocycles. The highest BCUT2D eigenvalue weighted by Crippen LogP contribution is 2.33. The van der Waals surface area contributed by atoms with Crippen LogP contribution in [0.25, 0.3) is 8.96 Å². The van der Waals surface area contributed by atoms with Gasteiger partial charge in [-0.1, -0.05) is 0 Å². The zero-order valence-corrected chi connectivity index (χ0v) is 11.3. The second-order valence-electron chi connectivity index (χ2n) is 2.21. The molecule has 0 N–H and O–H groups in total. The number of nitrogens with zero attached hydrogens (tertiary/aromatic N) is 4. The number of halogens is 2. The summed E-state index contributed by atoms with van der Waals surface area (Å²) in [5.74, 6) is 0. The lowest BCUT2D eigenvalue weighted by Gasteiger charge is -1.96. The van der Waals surface area contributed by atoms with Gasteiger partial charge in [-0.15, -0.1) is 0 Å². The maximum absolute atomic E-state index is 4.10. The first-order chi connectivity index (χ1) is 6.79. The minimum absolute atomic E-state index is 0.787. The zero-order valence-electron chi connectivity index (χ0n) is 6.52. The Labute approximate surface area is 105 Å². The molecule has 0 amide bonds. The Kier molecular flexibility index (Phi) is 3.37. The summed E-state index contributed by atoms with van der Waals surface area (Å²) in [6.45, 7) is 0. The molecule has 8 heteroatoms. The van der Waals surface area contributed by atoms with Crippen molar-refractivity contribution in [2.24, 2.45) is 0 Å². The molecular weight excluding hydrogens is 352 g/mol. The fraction of sp³-hybridized carbons (Fsp3) is 0. The Morgan fingerprint density at radius 1 is 0.929 bits per heavy atom. The van der Waals surface area contributed by atoms with Crippen LogP contribution in [0.2, 0.25) is 0 Å². The Bertz CT molecular complexity index is 394. The number of rotatable bonds is 2. The predicted molar refractivity (Wildman–Crippen MR) is 64.5 cm³/mol. The Balaban J connectivity index is 2.41. The zero-order chi connectivity index (χ0) is 9.97. The minimum Gasteiger partial charge on any atom is -0.181 e. The van der Waals surface area contributed by atoms with Crippen LogP contribution in [0, 0.1) is 0 Å². The van der Waals surface area contributed by atoms with Crippen LogP contribution in [-0.4, -0.2) is 17.5 Å². The van der Waals surface area contributed by atoms with Crippen molar-refractivity contribution in [2.75, 3.05) is 0 Å². The highest BCUT2D eigenvalue weighted by Gasteiger charge is 2.10. The van der Waals surface area contributed by atoms with E-state index in [-0.39, 0.29) is 0 Å². The van der Waals surface area contributed by atoms with E-state index in [1.165, 1.54) is 0 Å². The van der Waals surface area contributed by atoms with Gasteiger partial charge in [-0.05, 0) is 31.9 Å². The van der Waals surface area contributed by atoms with Crippen molar-refractivity contribution in [3.05, 3.63) is 23.8 Å². The number of aromatic nitrogens is 4. The molecule has 0 radical (unpaired) electrons. The van der Waals surface area contributed by atoms with Gasteiger partial charge in [0.25, 0.3) is 0 Å². The summed E-state index contributed by atoms with van der Waals surface area (Å²) in [5, 5.41) is 0. The van der Waals surface area contributed by atoms with Crippen LogP contribution in [0.15, 0.2) is 12.4 Å². The van der Waals surface area contributed by atoms with Crippen LogP contribution < -0.4 is 0 Å². The van der Waals surface area contributed by atoms with Gasteiger partial charge in [-0.2, -0.15) is 17.5 Å². The molecular formula is C6H2Br2N4S2. The molecule has 0 aliphatic rings. The average molecular weight is 354 g/mol. The molecule has 0 bridgehead atoms. The molecule has 0 aromatic carbocycles. The number of hydrogen-bond donors (Lipinski definition) is 0. The second kappa shape index (κ2) is 4.56. The van der Waals surface area contributed by atoms with Crippen LogP contribution in [0.5, 0.6) is 0 Å². The molecule has 2 aromatic rings. The van der Waals surface area contributed by atoms with E-state index >= 15 is 0 Å². The normalized spacial score (nSPS) is 12.7. The van der Waals surface area contributed by atoms with E-state index < -0.39 is 0 Å². The van der Waals surface area contributed by atoms with Crippen molar-refractivity contribution in [1.29, 1.82) is 0 Å². The largest absolute Gasteiger partial charge is 0.181 e. The highest BCUT2D eigenvalue weighted by molar-refractivity contribution is 9.18. The molecule has 0 aliphatic heterocycles. The summed E-state index contributed by atoms with van der Waals surface area (Å²) in [7, 11) is 0. The molecule has 72 valence electrons. The van der Waals surface area contributed by atoms with Gasteiger partial charge in [0.2, 0.25) is 0 Å². The molecule has 0 unspecified atom stereocenters. The van der Waals surface area contributed by atoms with E-state index in [1.54, 1.807) is 12.4 Å². The smallest absolute Gasteiger partial charge is 0.112 e. The highest BCUT2D eigenvalue weighted by atomic mass is 79.9. The third kappa shape index (κ3) is 2.08. The summed E-state index contributed by atoms with van der Waals surface area (Å²) in [6.07, 6.45) is 3.38. The van der Waals surface area contributed by atoms with E-state index in [9.17, 15) is 0 Å². The summed E-state index contributed by atoms with van der Waals surface area (Å²) in [4.78, 5) is 0. The first-order valence-electron chi connectivity index (χ1n) is 3.40. The fourth-order valence-electron chi connectivity index (χ4n) is 0.748. The lowest BCUT2D eigenvalue weighted by molar-refractivity contribution is 1.45. The third-order valence-corrected chi connectivity index (χ3v) is 4.46. The van der Waals surface area contributed by atoms with Gasteiger partial charge in [0.15, 0.2) is 0 Å². The first kappa shape index (κ1) is 10.3. The van der Waals surface area contributed by atoms with Crippen molar-refractivity contribution in [3.63, 3.8) is 0 Å². The molecule has 2 aromatic heterocycles. The summed E-state index contributed by atoms with van der Waals surface area (Å²) in [6, 6.07) is 0. The van der Waals surface area contributed by atoms with Crippen molar-refractivity contribution >= 4 is 64.3 Å². The molecule has 0 aliphatic carbocycles. The van der Waals surface area contributed by atoms with Gasteiger partial charge in [-0.3, -0.25) is 0 Å². The van der Waals surface area contributed by atoms with Crippen molar-refractivity contribution in [1.82, 2.24) is 17.5 Å². The number of hydrogen-bond acceptors (Lipinski definition) is 6. The van der Waals surface area contributed by atoms with Crippen LogP contribution >= 0.6 is 55.3 Å². The summed E-state index contributed by atoms with van der Waals surface area (Å²) < 4.78 is 17.7. The van der Waals surface area contributed by atoms with Crippen LogP contribution in [-0.2, 0) is 0 Å². The van der Waals surface area contributed by atoms with Crippen molar-refractivity contribution < 1.29 is 0 Å². The topological polar surface area (TPSA) is 51.6 Å². The molecule has 14 heavy (non-hydrogen) atoms. The lowest BCUT2D eigenvalue weighted by atomic mass is 10.3. The fourth-order valence-corrected chi connectivity index (χ4v) is 2.61. The average Bonchev–Trinajstić information content (AvgIpc) is 2.87. The van der Waals surface area contributed by atoms with Crippen LogP contribution in [0.1, 0.15) is 11.4 Å². The SMILES string of the molecule is Br/C(=C(/Br)c1cnsn1)c1cnsn1. The Morgan fingerprint density at radius 3 is 1.64 bits per heavy atom. The maximum Gasteiger partial charge on any atom is 0.112 e. The van der Waals surface area contributed by atoms with Crippen molar-refractivity contribution in [2.45, 2.75) is 0 Å². The molecule has 2 rings (SSSR count). The third-order valence-electron chi connectivity index (χ3n) is 1.37. The monoisotopic (exact) mass is 352 g/mol. The van der Waals surface area contributed by atoms with E-state index in [4.69, 9.17) is 0 Å². The molecule has 4 nitrogen and oxygen atoms in total. The first-order valence-corrected chi connectivity index (χ1v) is 6.45. The Morgan fingerprint density at radius 2 is 1.36 bits per heavy atom. The van der Waals surface area contributed by atoms with Gasteiger partial charge in [-0.25, -0.2) is 0 Å². The van der Waals surface area contributed by atoms with Gasteiger partial charge in [0, 0.05) is 0 Å². The van der Waals surface area contributed by atoms with E-state index in [1.807, 2.05) is 0 Å². The molecule has 0 atom stereocenters. The quantitative estimate of drug-likeness (QED) is 0.832. The Hall–Kier alpha value is -0.180. The second-order valence-corrected chi connectivity index (χ2v) is 4.91. The molecule has 0 fully saturated rings. The molecule has 0 spiro atoms. The predicted octanol–water partition coefficient (Wildman–Crippen LogP) is 3.01. The van der Waals surface area contributed by atoms with Crippen molar-refractivity contribution in [3.8, 4) is 0 Å². The van der Waals surface area contributed by atoms with Crippen LogP contribution in [0.3, 0.4) is 0 Å². The van der Waals surface area contributed by atoms with Gasteiger partial charge >= 0.3 is 0 Å².